The third-order valence-corrected chi connectivity index (χ3v) is 6.47. The van der Waals surface area contributed by atoms with E-state index >= 15 is 0 Å². The van der Waals surface area contributed by atoms with E-state index in [0.29, 0.717) is 32.0 Å². The van der Waals surface area contributed by atoms with Crippen molar-refractivity contribution in [2.75, 3.05) is 25.4 Å². The summed E-state index contributed by atoms with van der Waals surface area (Å²) in [7, 11) is -3.30. The van der Waals surface area contributed by atoms with Crippen molar-refractivity contribution in [2.24, 2.45) is 11.8 Å². The lowest BCUT2D eigenvalue weighted by Gasteiger charge is -2.31. The smallest absolute Gasteiger partial charge is 0.224 e. The van der Waals surface area contributed by atoms with Gasteiger partial charge in [0, 0.05) is 19.6 Å². The first-order chi connectivity index (χ1) is 11.9. The SMILES string of the molecule is CC(C)CNC(=O)[C@H]1CCCN(S(=O)(=O)CCCc2ccccc2)C1. The number of carbonyl (C=O) groups excluding carboxylic acids is 1. The van der Waals surface area contributed by atoms with Crippen LogP contribution in [0, 0.1) is 11.8 Å². The molecule has 1 aliphatic heterocycles. The minimum absolute atomic E-state index is 0.0158. The molecule has 1 heterocycles. The van der Waals surface area contributed by atoms with Crippen LogP contribution in [0.2, 0.25) is 0 Å². The number of hydrogen-bond acceptors (Lipinski definition) is 3. The Morgan fingerprint density at radius 3 is 2.68 bits per heavy atom. The molecule has 140 valence electrons. The summed E-state index contributed by atoms with van der Waals surface area (Å²) in [6.45, 7) is 5.58. The second-order valence-corrected chi connectivity index (χ2v) is 9.33. The normalized spacial score (nSPS) is 19.1. The zero-order chi connectivity index (χ0) is 18.3. The average Bonchev–Trinajstić information content (AvgIpc) is 2.60. The van der Waals surface area contributed by atoms with E-state index in [-0.39, 0.29) is 17.6 Å². The van der Waals surface area contributed by atoms with Gasteiger partial charge in [-0.2, -0.15) is 0 Å². The fraction of sp³-hybridized carbons (Fsp3) is 0.632. The number of carbonyl (C=O) groups is 1. The van der Waals surface area contributed by atoms with Crippen LogP contribution in [0.15, 0.2) is 30.3 Å². The molecule has 0 spiro atoms. The van der Waals surface area contributed by atoms with Gasteiger partial charge in [0.05, 0.1) is 11.7 Å². The third kappa shape index (κ3) is 6.44. The number of hydrogen-bond donors (Lipinski definition) is 1. The van der Waals surface area contributed by atoms with Crippen LogP contribution >= 0.6 is 0 Å². The molecule has 0 unspecified atom stereocenters. The number of rotatable bonds is 8. The molecule has 0 radical (unpaired) electrons. The number of nitrogens with zero attached hydrogens (tertiary/aromatic N) is 1. The van der Waals surface area contributed by atoms with Gasteiger partial charge in [0.1, 0.15) is 0 Å². The van der Waals surface area contributed by atoms with Crippen LogP contribution in [0.1, 0.15) is 38.7 Å². The average molecular weight is 367 g/mol. The van der Waals surface area contributed by atoms with Gasteiger partial charge >= 0.3 is 0 Å². The van der Waals surface area contributed by atoms with Crippen molar-refractivity contribution >= 4 is 15.9 Å². The molecule has 1 aliphatic rings. The first kappa shape index (κ1) is 19.9. The van der Waals surface area contributed by atoms with E-state index in [1.165, 1.54) is 4.31 Å². The molecule has 1 aromatic rings. The van der Waals surface area contributed by atoms with Crippen LogP contribution in [-0.2, 0) is 21.2 Å². The monoisotopic (exact) mass is 366 g/mol. The highest BCUT2D eigenvalue weighted by molar-refractivity contribution is 7.89. The lowest BCUT2D eigenvalue weighted by molar-refractivity contribution is -0.126. The van der Waals surface area contributed by atoms with Gasteiger partial charge in [0.25, 0.3) is 0 Å². The summed E-state index contributed by atoms with van der Waals surface area (Å²) < 4.78 is 26.7. The Balaban J connectivity index is 1.84. The Morgan fingerprint density at radius 1 is 1.28 bits per heavy atom. The first-order valence-corrected chi connectivity index (χ1v) is 10.8. The van der Waals surface area contributed by atoms with E-state index in [0.717, 1.165) is 24.8 Å². The maximum atomic E-state index is 12.6. The van der Waals surface area contributed by atoms with Crippen LogP contribution < -0.4 is 5.32 Å². The molecule has 0 aromatic heterocycles. The second-order valence-electron chi connectivity index (χ2n) is 7.24. The summed E-state index contributed by atoms with van der Waals surface area (Å²) in [6.07, 6.45) is 2.87. The lowest BCUT2D eigenvalue weighted by Crippen LogP contribution is -2.46. The largest absolute Gasteiger partial charge is 0.356 e. The highest BCUT2D eigenvalue weighted by atomic mass is 32.2. The van der Waals surface area contributed by atoms with Gasteiger partial charge in [0.2, 0.25) is 15.9 Å². The molecular weight excluding hydrogens is 336 g/mol. The number of piperidine rings is 1. The Hall–Kier alpha value is -1.40. The third-order valence-electron chi connectivity index (χ3n) is 4.54. The van der Waals surface area contributed by atoms with Gasteiger partial charge in [-0.15, -0.1) is 0 Å². The summed E-state index contributed by atoms with van der Waals surface area (Å²) >= 11 is 0. The van der Waals surface area contributed by atoms with Crippen molar-refractivity contribution in [3.05, 3.63) is 35.9 Å². The summed E-state index contributed by atoms with van der Waals surface area (Å²) in [5.41, 5.74) is 1.15. The minimum Gasteiger partial charge on any atom is -0.356 e. The van der Waals surface area contributed by atoms with Gasteiger partial charge in [0.15, 0.2) is 0 Å². The quantitative estimate of drug-likeness (QED) is 0.768. The van der Waals surface area contributed by atoms with E-state index in [2.05, 4.69) is 5.32 Å². The molecule has 1 aromatic carbocycles. The van der Waals surface area contributed by atoms with E-state index in [1.54, 1.807) is 0 Å². The zero-order valence-corrected chi connectivity index (χ0v) is 16.1. The molecule has 1 amide bonds. The van der Waals surface area contributed by atoms with Crippen LogP contribution in [0.5, 0.6) is 0 Å². The number of nitrogens with one attached hydrogen (secondary N) is 1. The van der Waals surface area contributed by atoms with Crippen molar-refractivity contribution in [1.29, 1.82) is 0 Å². The molecule has 1 fully saturated rings. The molecule has 1 atom stereocenters. The zero-order valence-electron chi connectivity index (χ0n) is 15.3. The maximum Gasteiger partial charge on any atom is 0.224 e. The predicted octanol–water partition coefficient (Wildman–Crippen LogP) is 2.43. The van der Waals surface area contributed by atoms with Gasteiger partial charge < -0.3 is 5.32 Å². The maximum absolute atomic E-state index is 12.6. The number of benzene rings is 1. The van der Waals surface area contributed by atoms with Gasteiger partial charge in [-0.05, 0) is 37.2 Å². The second kappa shape index (κ2) is 9.34. The minimum atomic E-state index is -3.30. The molecule has 25 heavy (non-hydrogen) atoms. The number of aryl methyl sites for hydroxylation is 1. The van der Waals surface area contributed by atoms with Crippen molar-refractivity contribution in [1.82, 2.24) is 9.62 Å². The van der Waals surface area contributed by atoms with Crippen LogP contribution in [0.4, 0.5) is 0 Å². The Kier molecular flexibility index (Phi) is 7.44. The van der Waals surface area contributed by atoms with Crippen molar-refractivity contribution in [2.45, 2.75) is 39.5 Å². The fourth-order valence-corrected chi connectivity index (χ4v) is 4.67. The standard InChI is InChI=1S/C19H30N2O3S/c1-16(2)14-20-19(22)18-11-6-12-21(15-18)25(23,24)13-7-10-17-8-4-3-5-9-17/h3-5,8-9,16,18H,6-7,10-15H2,1-2H3,(H,20,22)/t18-/m0/s1. The molecule has 0 bridgehead atoms. The fourth-order valence-electron chi connectivity index (χ4n) is 3.09. The molecule has 0 saturated carbocycles. The predicted molar refractivity (Wildman–Crippen MR) is 101 cm³/mol. The Labute approximate surface area is 151 Å². The summed E-state index contributed by atoms with van der Waals surface area (Å²) in [4.78, 5) is 12.2. The Morgan fingerprint density at radius 2 is 2.00 bits per heavy atom. The van der Waals surface area contributed by atoms with E-state index in [4.69, 9.17) is 0 Å². The Bertz CT molecular complexity index is 644. The molecule has 6 heteroatoms. The van der Waals surface area contributed by atoms with Crippen LogP contribution in [0.3, 0.4) is 0 Å². The topological polar surface area (TPSA) is 66.5 Å². The molecule has 5 nitrogen and oxygen atoms in total. The summed E-state index contributed by atoms with van der Waals surface area (Å²) in [5.74, 6) is 0.294. The number of amides is 1. The highest BCUT2D eigenvalue weighted by Crippen LogP contribution is 2.20. The van der Waals surface area contributed by atoms with Crippen LogP contribution in [0.25, 0.3) is 0 Å². The molecule has 0 aliphatic carbocycles. The number of sulfonamides is 1. The van der Waals surface area contributed by atoms with Crippen LogP contribution in [-0.4, -0.2) is 44.0 Å². The summed E-state index contributed by atoms with van der Waals surface area (Å²) in [5, 5.41) is 2.93. The molecule has 2 rings (SSSR count). The van der Waals surface area contributed by atoms with Gasteiger partial charge in [-0.3, -0.25) is 4.79 Å². The van der Waals surface area contributed by atoms with Crippen molar-refractivity contribution < 1.29 is 13.2 Å². The lowest BCUT2D eigenvalue weighted by atomic mass is 9.98. The summed E-state index contributed by atoms with van der Waals surface area (Å²) in [6, 6.07) is 9.92. The van der Waals surface area contributed by atoms with E-state index in [1.807, 2.05) is 44.2 Å². The van der Waals surface area contributed by atoms with Crippen molar-refractivity contribution in [3.63, 3.8) is 0 Å². The van der Waals surface area contributed by atoms with Gasteiger partial charge in [-0.25, -0.2) is 12.7 Å². The molecular formula is C19H30N2O3S. The van der Waals surface area contributed by atoms with Gasteiger partial charge in [-0.1, -0.05) is 44.2 Å². The van der Waals surface area contributed by atoms with E-state index in [9.17, 15) is 13.2 Å². The van der Waals surface area contributed by atoms with E-state index < -0.39 is 10.0 Å². The molecule has 1 saturated heterocycles. The molecule has 1 N–H and O–H groups in total. The van der Waals surface area contributed by atoms with Crippen molar-refractivity contribution in [3.8, 4) is 0 Å². The highest BCUT2D eigenvalue weighted by Gasteiger charge is 2.31. The first-order valence-electron chi connectivity index (χ1n) is 9.18.